The predicted molar refractivity (Wildman–Crippen MR) is 92.3 cm³/mol. The van der Waals surface area contributed by atoms with Crippen LogP contribution in [-0.4, -0.2) is 22.6 Å². The van der Waals surface area contributed by atoms with Crippen LogP contribution in [0.3, 0.4) is 0 Å². The zero-order valence-corrected chi connectivity index (χ0v) is 13.7. The van der Waals surface area contributed by atoms with E-state index in [4.69, 9.17) is 4.74 Å². The Morgan fingerprint density at radius 1 is 1.32 bits per heavy atom. The van der Waals surface area contributed by atoms with Crippen molar-refractivity contribution in [2.75, 3.05) is 12.4 Å². The molecule has 0 fully saturated rings. The van der Waals surface area contributed by atoms with Gasteiger partial charge in [0, 0.05) is 6.07 Å². The van der Waals surface area contributed by atoms with E-state index < -0.39 is 11.7 Å². The lowest BCUT2D eigenvalue weighted by Crippen LogP contribution is -2.28. The maximum atomic E-state index is 13.2. The molecule has 7 heteroatoms. The summed E-state index contributed by atoms with van der Waals surface area (Å²) in [5.41, 5.74) is 1.54. The van der Waals surface area contributed by atoms with Crippen LogP contribution >= 0.6 is 0 Å². The van der Waals surface area contributed by atoms with Gasteiger partial charge < -0.3 is 10.1 Å². The standard InChI is InChI=1S/C18H16FN3O3/c1-11-4-3-5-13-17(11)20-10-22(18(13)24)9-16(23)21-14-7-6-12(19)8-15(14)25-2/h3-8,10H,9H2,1-2H3,(H,21,23). The summed E-state index contributed by atoms with van der Waals surface area (Å²) < 4.78 is 19.5. The molecule has 25 heavy (non-hydrogen) atoms. The highest BCUT2D eigenvalue weighted by Crippen LogP contribution is 2.24. The van der Waals surface area contributed by atoms with Crippen molar-refractivity contribution in [3.8, 4) is 5.75 Å². The lowest BCUT2D eigenvalue weighted by molar-refractivity contribution is -0.116. The molecule has 3 rings (SSSR count). The summed E-state index contributed by atoms with van der Waals surface area (Å²) in [5, 5.41) is 3.06. The molecule has 0 aliphatic carbocycles. The van der Waals surface area contributed by atoms with Crippen LogP contribution in [0, 0.1) is 12.7 Å². The zero-order valence-electron chi connectivity index (χ0n) is 13.7. The van der Waals surface area contributed by atoms with Crippen molar-refractivity contribution in [2.24, 2.45) is 0 Å². The monoisotopic (exact) mass is 341 g/mol. The molecule has 0 spiro atoms. The van der Waals surface area contributed by atoms with E-state index in [1.54, 1.807) is 12.1 Å². The molecule has 1 amide bonds. The van der Waals surface area contributed by atoms with Crippen LogP contribution in [0.4, 0.5) is 10.1 Å². The molecule has 128 valence electrons. The van der Waals surface area contributed by atoms with Gasteiger partial charge in [-0.05, 0) is 30.7 Å². The number of rotatable bonds is 4. The average molecular weight is 341 g/mol. The van der Waals surface area contributed by atoms with Crippen LogP contribution in [0.25, 0.3) is 10.9 Å². The number of aryl methyl sites for hydroxylation is 1. The van der Waals surface area contributed by atoms with Gasteiger partial charge in [0.15, 0.2) is 0 Å². The normalized spacial score (nSPS) is 10.7. The number of halogens is 1. The van der Waals surface area contributed by atoms with Crippen molar-refractivity contribution < 1.29 is 13.9 Å². The number of carbonyl (C=O) groups excluding carboxylic acids is 1. The number of nitrogens with one attached hydrogen (secondary N) is 1. The second-order valence-electron chi connectivity index (χ2n) is 5.54. The number of para-hydroxylation sites is 1. The van der Waals surface area contributed by atoms with Gasteiger partial charge in [0.25, 0.3) is 5.56 Å². The molecule has 0 bridgehead atoms. The van der Waals surface area contributed by atoms with Crippen molar-refractivity contribution in [1.29, 1.82) is 0 Å². The molecule has 3 aromatic rings. The highest BCUT2D eigenvalue weighted by Gasteiger charge is 2.12. The first-order valence-corrected chi connectivity index (χ1v) is 7.58. The topological polar surface area (TPSA) is 73.2 Å². The third-order valence-electron chi connectivity index (χ3n) is 3.81. The molecule has 0 saturated heterocycles. The Bertz CT molecular complexity index is 1010. The zero-order chi connectivity index (χ0) is 18.0. The number of fused-ring (bicyclic) bond motifs is 1. The molecule has 1 heterocycles. The fourth-order valence-electron chi connectivity index (χ4n) is 2.56. The van der Waals surface area contributed by atoms with Gasteiger partial charge in [0.2, 0.25) is 5.91 Å². The fraction of sp³-hybridized carbons (Fsp3) is 0.167. The number of hydrogen-bond acceptors (Lipinski definition) is 4. The molecule has 2 aromatic carbocycles. The Hall–Kier alpha value is -3.22. The third-order valence-corrected chi connectivity index (χ3v) is 3.81. The smallest absolute Gasteiger partial charge is 0.261 e. The Balaban J connectivity index is 1.86. The second kappa shape index (κ2) is 6.72. The highest BCUT2D eigenvalue weighted by atomic mass is 19.1. The maximum absolute atomic E-state index is 13.2. The van der Waals surface area contributed by atoms with E-state index in [2.05, 4.69) is 10.3 Å². The minimum atomic E-state index is -0.472. The Morgan fingerprint density at radius 2 is 2.12 bits per heavy atom. The predicted octanol–water partition coefficient (Wildman–Crippen LogP) is 2.49. The third kappa shape index (κ3) is 3.35. The minimum Gasteiger partial charge on any atom is -0.494 e. The van der Waals surface area contributed by atoms with Crippen molar-refractivity contribution in [3.63, 3.8) is 0 Å². The molecular formula is C18H16FN3O3. The van der Waals surface area contributed by atoms with Gasteiger partial charge in [-0.3, -0.25) is 14.2 Å². The molecular weight excluding hydrogens is 325 g/mol. The summed E-state index contributed by atoms with van der Waals surface area (Å²) in [7, 11) is 1.38. The van der Waals surface area contributed by atoms with Crippen molar-refractivity contribution >= 4 is 22.5 Å². The quantitative estimate of drug-likeness (QED) is 0.791. The van der Waals surface area contributed by atoms with Crippen molar-refractivity contribution in [1.82, 2.24) is 9.55 Å². The van der Waals surface area contributed by atoms with Gasteiger partial charge in [-0.25, -0.2) is 9.37 Å². The summed E-state index contributed by atoms with van der Waals surface area (Å²) in [6.45, 7) is 1.66. The van der Waals surface area contributed by atoms with Gasteiger partial charge in [-0.1, -0.05) is 12.1 Å². The van der Waals surface area contributed by atoms with Crippen molar-refractivity contribution in [3.05, 3.63) is 64.5 Å². The first-order chi connectivity index (χ1) is 12.0. The van der Waals surface area contributed by atoms with Gasteiger partial charge in [0.1, 0.15) is 18.1 Å². The van der Waals surface area contributed by atoms with E-state index in [-0.39, 0.29) is 17.9 Å². The lowest BCUT2D eigenvalue weighted by atomic mass is 10.1. The van der Waals surface area contributed by atoms with Crippen LogP contribution in [0.2, 0.25) is 0 Å². The van der Waals surface area contributed by atoms with Crippen molar-refractivity contribution in [2.45, 2.75) is 13.5 Å². The van der Waals surface area contributed by atoms with Crippen LogP contribution in [0.5, 0.6) is 5.75 Å². The van der Waals surface area contributed by atoms with Gasteiger partial charge in [-0.2, -0.15) is 0 Å². The Labute approximate surface area is 142 Å². The first-order valence-electron chi connectivity index (χ1n) is 7.58. The summed E-state index contributed by atoms with van der Waals surface area (Å²) in [6, 6.07) is 9.10. The number of methoxy groups -OCH3 is 1. The second-order valence-corrected chi connectivity index (χ2v) is 5.54. The molecule has 6 nitrogen and oxygen atoms in total. The van der Waals surface area contributed by atoms with Gasteiger partial charge in [-0.15, -0.1) is 0 Å². The number of amides is 1. The summed E-state index contributed by atoms with van der Waals surface area (Å²) in [5.74, 6) is -0.714. The molecule has 0 aliphatic rings. The number of aromatic nitrogens is 2. The van der Waals surface area contributed by atoms with E-state index in [1.807, 2.05) is 13.0 Å². The van der Waals surface area contributed by atoms with E-state index in [9.17, 15) is 14.0 Å². The number of benzene rings is 2. The first kappa shape index (κ1) is 16.6. The molecule has 0 unspecified atom stereocenters. The highest BCUT2D eigenvalue weighted by molar-refractivity contribution is 5.92. The molecule has 0 atom stereocenters. The van der Waals surface area contributed by atoms with Crippen LogP contribution in [0.15, 0.2) is 47.5 Å². The number of carbonyl (C=O) groups is 1. The van der Waals surface area contributed by atoms with E-state index in [0.717, 1.165) is 5.56 Å². The summed E-state index contributed by atoms with van der Waals surface area (Å²) in [6.07, 6.45) is 1.35. The minimum absolute atomic E-state index is 0.202. The van der Waals surface area contributed by atoms with Crippen LogP contribution in [0.1, 0.15) is 5.56 Å². The van der Waals surface area contributed by atoms with Gasteiger partial charge >= 0.3 is 0 Å². The summed E-state index contributed by atoms with van der Waals surface area (Å²) in [4.78, 5) is 29.0. The van der Waals surface area contributed by atoms with Crippen LogP contribution < -0.4 is 15.6 Å². The summed E-state index contributed by atoms with van der Waals surface area (Å²) >= 11 is 0. The molecule has 0 aliphatic heterocycles. The molecule has 0 saturated carbocycles. The van der Waals surface area contributed by atoms with Crippen LogP contribution in [-0.2, 0) is 11.3 Å². The van der Waals surface area contributed by atoms with E-state index in [1.165, 1.54) is 36.2 Å². The fourth-order valence-corrected chi connectivity index (χ4v) is 2.56. The number of nitrogens with zero attached hydrogens (tertiary/aromatic N) is 2. The average Bonchev–Trinajstić information content (AvgIpc) is 2.59. The molecule has 1 aromatic heterocycles. The number of ether oxygens (including phenoxy) is 1. The SMILES string of the molecule is COc1cc(F)ccc1NC(=O)Cn1cnc2c(C)cccc2c1=O. The molecule has 0 radical (unpaired) electrons. The largest absolute Gasteiger partial charge is 0.494 e. The van der Waals surface area contributed by atoms with E-state index in [0.29, 0.717) is 16.6 Å². The number of hydrogen-bond donors (Lipinski definition) is 1. The molecule has 1 N–H and O–H groups in total. The Kier molecular flexibility index (Phi) is 4.47. The van der Waals surface area contributed by atoms with E-state index >= 15 is 0 Å². The number of anilines is 1. The maximum Gasteiger partial charge on any atom is 0.261 e. The Morgan fingerprint density at radius 3 is 2.88 bits per heavy atom. The lowest BCUT2D eigenvalue weighted by Gasteiger charge is -2.11. The van der Waals surface area contributed by atoms with Gasteiger partial charge in [0.05, 0.1) is 30.0 Å².